The molecule has 0 aliphatic heterocycles. The van der Waals surface area contributed by atoms with E-state index in [4.69, 9.17) is 4.74 Å². The monoisotopic (exact) mass is 453 g/mol. The van der Waals surface area contributed by atoms with Crippen LogP contribution in [0.5, 0.6) is 5.75 Å². The highest BCUT2D eigenvalue weighted by molar-refractivity contribution is 5.90. The lowest BCUT2D eigenvalue weighted by atomic mass is 9.76. The normalized spacial score (nSPS) is 11.6. The Hall–Kier alpha value is -3.02. The molecule has 0 saturated heterocycles. The Morgan fingerprint density at radius 2 is 1.58 bits per heavy atom. The van der Waals surface area contributed by atoms with Gasteiger partial charge in [0.1, 0.15) is 5.75 Å². The van der Waals surface area contributed by atoms with Crippen LogP contribution in [0.1, 0.15) is 78.4 Å². The number of ether oxygens (including phenoxy) is 1. The minimum atomic E-state index is -0.0560. The smallest absolute Gasteiger partial charge is 0.225 e. The summed E-state index contributed by atoms with van der Waals surface area (Å²) >= 11 is 0. The van der Waals surface area contributed by atoms with Gasteiger partial charge in [-0.25, -0.2) is 0 Å². The van der Waals surface area contributed by atoms with E-state index in [9.17, 15) is 9.59 Å². The van der Waals surface area contributed by atoms with Crippen LogP contribution in [0.2, 0.25) is 0 Å². The minimum Gasteiger partial charge on any atom is -0.493 e. The molecule has 33 heavy (non-hydrogen) atoms. The first kappa shape index (κ1) is 26.2. The van der Waals surface area contributed by atoms with Crippen LogP contribution in [-0.4, -0.2) is 18.9 Å². The molecule has 3 N–H and O–H groups in total. The number of anilines is 2. The van der Waals surface area contributed by atoms with Gasteiger partial charge in [0.25, 0.3) is 0 Å². The number of carbonyl (C=O) groups is 2. The largest absolute Gasteiger partial charge is 0.493 e. The number of benzene rings is 2. The number of nitrogens with one attached hydrogen (secondary N) is 3. The molecule has 0 saturated carbocycles. The van der Waals surface area contributed by atoms with Gasteiger partial charge >= 0.3 is 0 Å². The number of carbonyl (C=O) groups excluding carboxylic acids is 2. The zero-order valence-corrected chi connectivity index (χ0v) is 20.9. The molecule has 6 heteroatoms. The molecule has 2 aromatic rings. The van der Waals surface area contributed by atoms with E-state index in [0.717, 1.165) is 24.3 Å². The third-order valence-corrected chi connectivity index (χ3v) is 6.51. The number of hydrogen-bond acceptors (Lipinski definition) is 4. The Morgan fingerprint density at radius 3 is 2.18 bits per heavy atom. The van der Waals surface area contributed by atoms with E-state index >= 15 is 0 Å². The first-order valence-corrected chi connectivity index (χ1v) is 11.8. The van der Waals surface area contributed by atoms with Crippen LogP contribution < -0.4 is 20.9 Å². The van der Waals surface area contributed by atoms with Gasteiger partial charge in [-0.15, -0.1) is 0 Å². The van der Waals surface area contributed by atoms with Crippen LogP contribution in [0, 0.1) is 0 Å². The Labute approximate surface area is 198 Å². The van der Waals surface area contributed by atoms with Crippen molar-refractivity contribution in [2.24, 2.45) is 0 Å². The molecular formula is C27H39N3O3. The molecule has 2 amide bonds. The maximum Gasteiger partial charge on any atom is 0.225 e. The van der Waals surface area contributed by atoms with Crippen molar-refractivity contribution < 1.29 is 14.3 Å². The van der Waals surface area contributed by atoms with Crippen LogP contribution >= 0.6 is 0 Å². The van der Waals surface area contributed by atoms with Crippen LogP contribution in [-0.2, 0) is 20.4 Å². The lowest BCUT2D eigenvalue weighted by molar-refractivity contribution is -0.116. The molecule has 2 aromatic carbocycles. The zero-order chi connectivity index (χ0) is 24.5. The van der Waals surface area contributed by atoms with Crippen molar-refractivity contribution in [1.82, 2.24) is 5.43 Å². The van der Waals surface area contributed by atoms with Crippen molar-refractivity contribution >= 4 is 23.7 Å². The topological polar surface area (TPSA) is 79.5 Å². The molecule has 0 radical (unpaired) electrons. The Bertz CT molecular complexity index is 921. The van der Waals surface area contributed by atoms with Gasteiger partial charge in [0.15, 0.2) is 0 Å². The van der Waals surface area contributed by atoms with Crippen molar-refractivity contribution in [3.8, 4) is 5.75 Å². The van der Waals surface area contributed by atoms with E-state index in [1.807, 2.05) is 0 Å². The molecule has 0 unspecified atom stereocenters. The second kappa shape index (κ2) is 11.7. The number of rotatable bonds is 13. The highest BCUT2D eigenvalue weighted by Gasteiger charge is 2.26. The number of amides is 2. The summed E-state index contributed by atoms with van der Waals surface area (Å²) in [6.07, 6.45) is 3.65. The molecule has 0 heterocycles. The van der Waals surface area contributed by atoms with Gasteiger partial charge in [-0.2, -0.15) is 0 Å². The van der Waals surface area contributed by atoms with Gasteiger partial charge in [-0.05, 0) is 66.0 Å². The first-order valence-electron chi connectivity index (χ1n) is 11.8. The Balaban J connectivity index is 1.94. The van der Waals surface area contributed by atoms with Crippen molar-refractivity contribution in [2.75, 3.05) is 17.3 Å². The minimum absolute atomic E-state index is 0.00873. The lowest BCUT2D eigenvalue weighted by Gasteiger charge is -2.30. The quantitative estimate of drug-likeness (QED) is 0.199. The maximum absolute atomic E-state index is 12.3. The average molecular weight is 454 g/mol. The Morgan fingerprint density at radius 1 is 0.939 bits per heavy atom. The molecule has 2 rings (SSSR count). The maximum atomic E-state index is 12.3. The van der Waals surface area contributed by atoms with Gasteiger partial charge in [0.05, 0.1) is 12.3 Å². The van der Waals surface area contributed by atoms with Gasteiger partial charge < -0.3 is 10.1 Å². The SMILES string of the molecule is CCC(C)(C)c1ccc(OCCCC(=O)Nc2ccc(NNC=O)cc2)c(C(C)(C)CC)c1. The summed E-state index contributed by atoms with van der Waals surface area (Å²) in [6, 6.07) is 13.7. The predicted molar refractivity (Wildman–Crippen MR) is 136 cm³/mol. The second-order valence-electron chi connectivity index (χ2n) is 9.65. The van der Waals surface area contributed by atoms with Crippen LogP contribution in [0.25, 0.3) is 0 Å². The van der Waals surface area contributed by atoms with Crippen molar-refractivity contribution in [3.05, 3.63) is 53.6 Å². The second-order valence-corrected chi connectivity index (χ2v) is 9.65. The van der Waals surface area contributed by atoms with Crippen molar-refractivity contribution in [3.63, 3.8) is 0 Å². The lowest BCUT2D eigenvalue weighted by Crippen LogP contribution is -2.21. The van der Waals surface area contributed by atoms with Crippen LogP contribution in [0.3, 0.4) is 0 Å². The van der Waals surface area contributed by atoms with E-state index in [1.165, 1.54) is 11.1 Å². The summed E-state index contributed by atoms with van der Waals surface area (Å²) in [6.45, 7) is 14.0. The fourth-order valence-electron chi connectivity index (χ4n) is 3.39. The summed E-state index contributed by atoms with van der Waals surface area (Å²) < 4.78 is 6.16. The summed E-state index contributed by atoms with van der Waals surface area (Å²) in [5.74, 6) is 0.851. The molecule has 0 aromatic heterocycles. The predicted octanol–water partition coefficient (Wildman–Crippen LogP) is 5.93. The molecule has 0 aliphatic carbocycles. The standard InChI is InChI=1S/C27H39N3O3/c1-7-26(3,4)20-11-16-24(23(18-20)27(5,6)8-2)33-17-9-10-25(32)29-21-12-14-22(15-13-21)30-28-19-31/h11-16,18-19,30H,7-10,17H2,1-6H3,(H,28,31)(H,29,32). The third kappa shape index (κ3) is 7.52. The third-order valence-electron chi connectivity index (χ3n) is 6.51. The average Bonchev–Trinajstić information content (AvgIpc) is 2.81. The Kier molecular flexibility index (Phi) is 9.32. The fourth-order valence-corrected chi connectivity index (χ4v) is 3.39. The summed E-state index contributed by atoms with van der Waals surface area (Å²) in [5.41, 5.74) is 9.21. The summed E-state index contributed by atoms with van der Waals surface area (Å²) in [5, 5.41) is 2.89. The molecule has 0 bridgehead atoms. The fraction of sp³-hybridized carbons (Fsp3) is 0.481. The van der Waals surface area contributed by atoms with Crippen LogP contribution in [0.15, 0.2) is 42.5 Å². The molecule has 0 aliphatic rings. The highest BCUT2D eigenvalue weighted by atomic mass is 16.5. The number of hydrogen-bond donors (Lipinski definition) is 3. The molecule has 0 atom stereocenters. The van der Waals surface area contributed by atoms with Crippen molar-refractivity contribution in [1.29, 1.82) is 0 Å². The van der Waals surface area contributed by atoms with Gasteiger partial charge in [-0.3, -0.25) is 20.4 Å². The van der Waals surface area contributed by atoms with E-state index in [1.54, 1.807) is 24.3 Å². The van der Waals surface area contributed by atoms with E-state index < -0.39 is 0 Å². The summed E-state index contributed by atoms with van der Waals surface area (Å²) in [4.78, 5) is 22.6. The van der Waals surface area contributed by atoms with Gasteiger partial charge in [0.2, 0.25) is 12.3 Å². The van der Waals surface area contributed by atoms with Crippen molar-refractivity contribution in [2.45, 2.75) is 78.1 Å². The first-order chi connectivity index (χ1) is 15.6. The van der Waals surface area contributed by atoms with Crippen LogP contribution in [0.4, 0.5) is 11.4 Å². The van der Waals surface area contributed by atoms with E-state index in [-0.39, 0.29) is 16.7 Å². The van der Waals surface area contributed by atoms with Gasteiger partial charge in [0, 0.05) is 17.7 Å². The zero-order valence-electron chi connectivity index (χ0n) is 20.9. The van der Waals surface area contributed by atoms with E-state index in [0.29, 0.717) is 31.5 Å². The number of hydrazine groups is 1. The molecule has 0 spiro atoms. The molecular weight excluding hydrogens is 414 g/mol. The molecule has 180 valence electrons. The molecule has 6 nitrogen and oxygen atoms in total. The summed E-state index contributed by atoms with van der Waals surface area (Å²) in [7, 11) is 0. The van der Waals surface area contributed by atoms with E-state index in [2.05, 4.69) is 75.9 Å². The van der Waals surface area contributed by atoms with Gasteiger partial charge in [-0.1, -0.05) is 53.7 Å². The molecule has 0 fully saturated rings. The highest BCUT2D eigenvalue weighted by Crippen LogP contribution is 2.38.